The fourth-order valence-electron chi connectivity index (χ4n) is 2.77. The highest BCUT2D eigenvalue weighted by molar-refractivity contribution is 5.83. The Bertz CT molecular complexity index is 342. The summed E-state index contributed by atoms with van der Waals surface area (Å²) in [6.45, 7) is 4.29. The zero-order valence-corrected chi connectivity index (χ0v) is 11.7. The summed E-state index contributed by atoms with van der Waals surface area (Å²) in [6.07, 6.45) is 3.79. The van der Waals surface area contributed by atoms with E-state index in [1.54, 1.807) is 4.90 Å². The molecule has 1 saturated heterocycles. The Kier molecular flexibility index (Phi) is 4.80. The number of amides is 2. The largest absolute Gasteiger partial charge is 0.395 e. The molecule has 2 rings (SSSR count). The molecule has 1 saturated carbocycles. The van der Waals surface area contributed by atoms with Crippen molar-refractivity contribution in [2.24, 2.45) is 11.8 Å². The molecule has 1 N–H and O–H groups in total. The second kappa shape index (κ2) is 6.37. The van der Waals surface area contributed by atoms with Crippen molar-refractivity contribution in [2.75, 3.05) is 32.8 Å². The van der Waals surface area contributed by atoms with Crippen molar-refractivity contribution < 1.29 is 14.7 Å². The van der Waals surface area contributed by atoms with Crippen LogP contribution in [-0.2, 0) is 9.59 Å². The molecule has 0 radical (unpaired) electrons. The fourth-order valence-corrected chi connectivity index (χ4v) is 2.77. The number of likely N-dealkylation sites (N-methyl/N-ethyl adjacent to an activating group) is 1. The molecule has 0 aromatic rings. The lowest BCUT2D eigenvalue weighted by molar-refractivity contribution is -0.141. The summed E-state index contributed by atoms with van der Waals surface area (Å²) in [7, 11) is 0. The van der Waals surface area contributed by atoms with Crippen LogP contribution >= 0.6 is 0 Å². The van der Waals surface area contributed by atoms with Crippen molar-refractivity contribution in [1.82, 2.24) is 9.80 Å². The molecule has 108 valence electrons. The van der Waals surface area contributed by atoms with E-state index in [2.05, 4.69) is 0 Å². The second-order valence-corrected chi connectivity index (χ2v) is 5.54. The Hall–Kier alpha value is -1.10. The van der Waals surface area contributed by atoms with Gasteiger partial charge in [-0.2, -0.15) is 0 Å². The first-order valence-corrected chi connectivity index (χ1v) is 7.35. The number of rotatable bonds is 5. The molecule has 5 heteroatoms. The minimum absolute atomic E-state index is 0.00296. The smallest absolute Gasteiger partial charge is 0.227 e. The number of carbonyl (C=O) groups is 2. The molecule has 1 atom stereocenters. The maximum atomic E-state index is 12.3. The summed E-state index contributed by atoms with van der Waals surface area (Å²) in [6, 6.07) is 0. The lowest BCUT2D eigenvalue weighted by Crippen LogP contribution is -2.47. The third kappa shape index (κ3) is 3.47. The third-order valence-corrected chi connectivity index (χ3v) is 4.07. The summed E-state index contributed by atoms with van der Waals surface area (Å²) < 4.78 is 0. The van der Waals surface area contributed by atoms with Crippen molar-refractivity contribution in [3.8, 4) is 0 Å². The van der Waals surface area contributed by atoms with Crippen LogP contribution in [0.5, 0.6) is 0 Å². The first kappa shape index (κ1) is 14.3. The van der Waals surface area contributed by atoms with Crippen LogP contribution in [0.3, 0.4) is 0 Å². The average Bonchev–Trinajstić information content (AvgIpc) is 3.28. The van der Waals surface area contributed by atoms with Gasteiger partial charge in [0, 0.05) is 32.1 Å². The third-order valence-electron chi connectivity index (χ3n) is 4.07. The molecule has 1 aliphatic carbocycles. The van der Waals surface area contributed by atoms with Crippen LogP contribution in [0, 0.1) is 11.8 Å². The summed E-state index contributed by atoms with van der Waals surface area (Å²) in [5, 5.41) is 8.98. The average molecular weight is 268 g/mol. The Labute approximate surface area is 114 Å². The van der Waals surface area contributed by atoms with Crippen molar-refractivity contribution in [3.05, 3.63) is 0 Å². The number of piperidine rings is 1. The van der Waals surface area contributed by atoms with Crippen molar-refractivity contribution in [1.29, 1.82) is 0 Å². The van der Waals surface area contributed by atoms with Crippen LogP contribution in [0.4, 0.5) is 0 Å². The maximum absolute atomic E-state index is 12.3. The fraction of sp³-hybridized carbons (Fsp3) is 0.857. The van der Waals surface area contributed by atoms with Crippen LogP contribution in [0.25, 0.3) is 0 Å². The number of likely N-dealkylation sites (tertiary alicyclic amines) is 1. The van der Waals surface area contributed by atoms with Gasteiger partial charge in [-0.1, -0.05) is 0 Å². The Morgan fingerprint density at radius 2 is 2.00 bits per heavy atom. The van der Waals surface area contributed by atoms with Crippen LogP contribution in [0.2, 0.25) is 0 Å². The van der Waals surface area contributed by atoms with Crippen LogP contribution < -0.4 is 0 Å². The van der Waals surface area contributed by atoms with E-state index < -0.39 is 0 Å². The lowest BCUT2D eigenvalue weighted by Gasteiger charge is -2.34. The van der Waals surface area contributed by atoms with E-state index in [1.807, 2.05) is 11.8 Å². The molecular formula is C14H24N2O3. The van der Waals surface area contributed by atoms with E-state index in [1.165, 1.54) is 0 Å². The molecule has 0 aromatic heterocycles. The molecule has 0 aromatic carbocycles. The van der Waals surface area contributed by atoms with E-state index in [0.717, 1.165) is 32.2 Å². The molecule has 5 nitrogen and oxygen atoms in total. The van der Waals surface area contributed by atoms with Gasteiger partial charge in [0.05, 0.1) is 12.5 Å². The first-order chi connectivity index (χ1) is 9.17. The number of hydrogen-bond donors (Lipinski definition) is 1. The van der Waals surface area contributed by atoms with Crippen molar-refractivity contribution in [2.45, 2.75) is 32.6 Å². The van der Waals surface area contributed by atoms with Gasteiger partial charge in [0.25, 0.3) is 0 Å². The highest BCUT2D eigenvalue weighted by Gasteiger charge is 2.37. The van der Waals surface area contributed by atoms with Gasteiger partial charge >= 0.3 is 0 Å². The molecule has 0 spiro atoms. The molecule has 1 aliphatic heterocycles. The van der Waals surface area contributed by atoms with Crippen molar-refractivity contribution >= 4 is 11.8 Å². The topological polar surface area (TPSA) is 60.9 Å². The Morgan fingerprint density at radius 1 is 1.26 bits per heavy atom. The molecule has 1 unspecified atom stereocenters. The van der Waals surface area contributed by atoms with Gasteiger partial charge in [-0.25, -0.2) is 0 Å². The maximum Gasteiger partial charge on any atom is 0.227 e. The number of hydrogen-bond acceptors (Lipinski definition) is 3. The number of carbonyl (C=O) groups excluding carboxylic acids is 2. The Balaban J connectivity index is 1.92. The SMILES string of the molecule is CCN(CCO)C(=O)C1CCCN(C(=O)C2CC2)C1. The molecule has 1 heterocycles. The second-order valence-electron chi connectivity index (χ2n) is 5.54. The zero-order valence-electron chi connectivity index (χ0n) is 11.7. The predicted molar refractivity (Wildman–Crippen MR) is 71.4 cm³/mol. The standard InChI is InChI=1S/C14H24N2O3/c1-2-15(8-9-17)14(19)12-4-3-7-16(10-12)13(18)11-5-6-11/h11-12,17H,2-10H2,1H3. The monoisotopic (exact) mass is 268 g/mol. The van der Waals surface area contributed by atoms with E-state index in [0.29, 0.717) is 19.6 Å². The van der Waals surface area contributed by atoms with Gasteiger partial charge in [-0.05, 0) is 32.6 Å². The summed E-state index contributed by atoms with van der Waals surface area (Å²) in [5.74, 6) is 0.476. The van der Waals surface area contributed by atoms with E-state index >= 15 is 0 Å². The predicted octanol–water partition coefficient (Wildman–Crippen LogP) is 0.476. The molecule has 2 amide bonds. The van der Waals surface area contributed by atoms with Gasteiger partial charge in [-0.3, -0.25) is 9.59 Å². The van der Waals surface area contributed by atoms with Crippen LogP contribution in [0.15, 0.2) is 0 Å². The minimum Gasteiger partial charge on any atom is -0.395 e. The zero-order chi connectivity index (χ0) is 13.8. The molecule has 2 aliphatic rings. The highest BCUT2D eigenvalue weighted by Crippen LogP contribution is 2.32. The lowest BCUT2D eigenvalue weighted by atomic mass is 9.96. The normalized spacial score (nSPS) is 23.3. The Morgan fingerprint density at radius 3 is 2.58 bits per heavy atom. The number of nitrogens with zero attached hydrogens (tertiary/aromatic N) is 2. The van der Waals surface area contributed by atoms with E-state index in [9.17, 15) is 9.59 Å². The van der Waals surface area contributed by atoms with Gasteiger partial charge in [0.1, 0.15) is 0 Å². The minimum atomic E-state index is -0.0806. The van der Waals surface area contributed by atoms with E-state index in [4.69, 9.17) is 5.11 Å². The van der Waals surface area contributed by atoms with Gasteiger partial charge in [0.2, 0.25) is 11.8 Å². The highest BCUT2D eigenvalue weighted by atomic mass is 16.3. The number of aliphatic hydroxyl groups is 1. The van der Waals surface area contributed by atoms with Crippen LogP contribution in [-0.4, -0.2) is 59.5 Å². The number of aliphatic hydroxyl groups excluding tert-OH is 1. The van der Waals surface area contributed by atoms with Gasteiger partial charge in [0.15, 0.2) is 0 Å². The molecule has 0 bridgehead atoms. The molecular weight excluding hydrogens is 244 g/mol. The quantitative estimate of drug-likeness (QED) is 0.789. The van der Waals surface area contributed by atoms with Gasteiger partial charge < -0.3 is 14.9 Å². The molecule has 19 heavy (non-hydrogen) atoms. The van der Waals surface area contributed by atoms with Crippen molar-refractivity contribution in [3.63, 3.8) is 0 Å². The summed E-state index contributed by atoms with van der Waals surface area (Å²) in [4.78, 5) is 28.0. The van der Waals surface area contributed by atoms with E-state index in [-0.39, 0.29) is 30.3 Å². The van der Waals surface area contributed by atoms with Gasteiger partial charge in [-0.15, -0.1) is 0 Å². The summed E-state index contributed by atoms with van der Waals surface area (Å²) in [5.41, 5.74) is 0. The van der Waals surface area contributed by atoms with Crippen LogP contribution in [0.1, 0.15) is 32.6 Å². The summed E-state index contributed by atoms with van der Waals surface area (Å²) >= 11 is 0. The first-order valence-electron chi connectivity index (χ1n) is 7.35. The molecule has 2 fully saturated rings.